The number of rotatable bonds is 6. The van der Waals surface area contributed by atoms with E-state index in [-0.39, 0.29) is 29.1 Å². The lowest BCUT2D eigenvalue weighted by molar-refractivity contribution is -0.0498. The molecule has 8 heteroatoms. The first kappa shape index (κ1) is 18.1. The summed E-state index contributed by atoms with van der Waals surface area (Å²) in [4.78, 5) is 12.7. The van der Waals surface area contributed by atoms with Gasteiger partial charge in [0.2, 0.25) is 0 Å². The summed E-state index contributed by atoms with van der Waals surface area (Å²) in [5.41, 5.74) is 5.54. The number of carbonyl (C=O) groups excluding carboxylic acids is 1. The molecule has 3 N–H and O–H groups in total. The third kappa shape index (κ3) is 6.17. The van der Waals surface area contributed by atoms with E-state index >= 15 is 0 Å². The summed E-state index contributed by atoms with van der Waals surface area (Å²) < 4.78 is 28.6. The predicted molar refractivity (Wildman–Crippen MR) is 73.5 cm³/mol. The van der Waals surface area contributed by atoms with Crippen molar-refractivity contribution in [1.82, 2.24) is 5.32 Å². The Morgan fingerprint density at radius 2 is 2.21 bits per heavy atom. The van der Waals surface area contributed by atoms with Crippen LogP contribution in [0, 0.1) is 6.92 Å². The number of thiophene rings is 1. The van der Waals surface area contributed by atoms with E-state index in [1.165, 1.54) is 6.07 Å². The van der Waals surface area contributed by atoms with Crippen LogP contribution in [-0.4, -0.2) is 25.1 Å². The van der Waals surface area contributed by atoms with Gasteiger partial charge in [-0.15, -0.1) is 23.7 Å². The molecule has 1 heterocycles. The van der Waals surface area contributed by atoms with Crippen molar-refractivity contribution >= 4 is 29.7 Å². The molecule has 0 radical (unpaired) electrons. The van der Waals surface area contributed by atoms with Crippen LogP contribution in [0.25, 0.3) is 0 Å². The number of alkyl halides is 2. The van der Waals surface area contributed by atoms with Crippen molar-refractivity contribution in [2.45, 2.75) is 32.9 Å². The van der Waals surface area contributed by atoms with Crippen molar-refractivity contribution in [3.63, 3.8) is 0 Å². The van der Waals surface area contributed by atoms with Crippen LogP contribution in [0.4, 0.5) is 8.78 Å². The molecule has 1 aromatic rings. The molecular weight excluding hydrogens is 298 g/mol. The SMILES string of the molecule is Cc1cc(OC(F)F)c(C(=O)NCCC(C)N)s1.Cl. The highest BCUT2D eigenvalue weighted by molar-refractivity contribution is 7.14. The van der Waals surface area contributed by atoms with Gasteiger partial charge < -0.3 is 15.8 Å². The lowest BCUT2D eigenvalue weighted by atomic mass is 10.2. The molecule has 0 fully saturated rings. The number of carbonyl (C=O) groups is 1. The monoisotopic (exact) mass is 314 g/mol. The van der Waals surface area contributed by atoms with Crippen molar-refractivity contribution in [3.05, 3.63) is 15.8 Å². The molecular formula is C11H17ClF2N2O2S. The highest BCUT2D eigenvalue weighted by atomic mass is 35.5. The Morgan fingerprint density at radius 1 is 1.58 bits per heavy atom. The van der Waals surface area contributed by atoms with Crippen LogP contribution in [0.2, 0.25) is 0 Å². The van der Waals surface area contributed by atoms with Crippen LogP contribution in [-0.2, 0) is 0 Å². The maximum Gasteiger partial charge on any atom is 0.387 e. The quantitative estimate of drug-likeness (QED) is 0.848. The van der Waals surface area contributed by atoms with E-state index in [1.54, 1.807) is 6.92 Å². The molecule has 0 aliphatic carbocycles. The van der Waals surface area contributed by atoms with Crippen LogP contribution in [0.15, 0.2) is 6.07 Å². The van der Waals surface area contributed by atoms with Gasteiger partial charge in [-0.25, -0.2) is 0 Å². The lowest BCUT2D eigenvalue weighted by Crippen LogP contribution is -2.28. The van der Waals surface area contributed by atoms with Gasteiger partial charge in [0.05, 0.1) is 0 Å². The number of halogens is 3. The summed E-state index contributed by atoms with van der Waals surface area (Å²) in [6, 6.07) is 1.41. The summed E-state index contributed by atoms with van der Waals surface area (Å²) in [7, 11) is 0. The summed E-state index contributed by atoms with van der Waals surface area (Å²) in [6.45, 7) is 1.02. The molecule has 0 aliphatic heterocycles. The molecule has 1 amide bonds. The topological polar surface area (TPSA) is 64.3 Å². The van der Waals surface area contributed by atoms with E-state index in [1.807, 2.05) is 6.92 Å². The normalized spacial score (nSPS) is 11.9. The molecule has 19 heavy (non-hydrogen) atoms. The Morgan fingerprint density at radius 3 is 2.74 bits per heavy atom. The predicted octanol–water partition coefficient (Wildman–Crippen LogP) is 2.55. The molecule has 0 spiro atoms. The van der Waals surface area contributed by atoms with Crippen LogP contribution in [0.3, 0.4) is 0 Å². The molecule has 0 aromatic carbocycles. The van der Waals surface area contributed by atoms with E-state index in [0.717, 1.165) is 16.2 Å². The number of nitrogens with one attached hydrogen (secondary N) is 1. The van der Waals surface area contributed by atoms with E-state index in [0.29, 0.717) is 13.0 Å². The van der Waals surface area contributed by atoms with E-state index in [2.05, 4.69) is 10.1 Å². The first-order valence-electron chi connectivity index (χ1n) is 5.49. The highest BCUT2D eigenvalue weighted by Crippen LogP contribution is 2.30. The summed E-state index contributed by atoms with van der Waals surface area (Å²) in [5, 5.41) is 2.62. The van der Waals surface area contributed by atoms with Gasteiger partial charge in [0.15, 0.2) is 0 Å². The van der Waals surface area contributed by atoms with E-state index in [4.69, 9.17) is 5.73 Å². The minimum absolute atomic E-state index is 0. The zero-order chi connectivity index (χ0) is 13.7. The van der Waals surface area contributed by atoms with Gasteiger partial charge in [-0.3, -0.25) is 4.79 Å². The standard InChI is InChI=1S/C11H16F2N2O2S.ClH/c1-6(14)3-4-15-10(16)9-8(17-11(12)13)5-7(2)18-9;/h5-6,11H,3-4,14H2,1-2H3,(H,15,16);1H. The third-order valence-corrected chi connectivity index (χ3v) is 3.16. The number of nitrogens with two attached hydrogens (primary N) is 1. The Labute approximate surface area is 120 Å². The summed E-state index contributed by atoms with van der Waals surface area (Å²) >= 11 is 1.12. The van der Waals surface area contributed by atoms with Gasteiger partial charge in [-0.05, 0) is 26.3 Å². The average molecular weight is 315 g/mol. The van der Waals surface area contributed by atoms with Crippen LogP contribution >= 0.6 is 23.7 Å². The van der Waals surface area contributed by atoms with Crippen molar-refractivity contribution in [1.29, 1.82) is 0 Å². The lowest BCUT2D eigenvalue weighted by Gasteiger charge is -2.08. The van der Waals surface area contributed by atoms with Crippen LogP contribution in [0.1, 0.15) is 27.9 Å². The molecule has 1 unspecified atom stereocenters. The zero-order valence-corrected chi connectivity index (χ0v) is 12.2. The van der Waals surface area contributed by atoms with Crippen molar-refractivity contribution in [2.75, 3.05) is 6.54 Å². The molecule has 4 nitrogen and oxygen atoms in total. The fraction of sp³-hybridized carbons (Fsp3) is 0.545. The van der Waals surface area contributed by atoms with Crippen molar-refractivity contribution in [2.24, 2.45) is 5.73 Å². The molecule has 0 aliphatic rings. The maximum atomic E-state index is 12.2. The van der Waals surface area contributed by atoms with E-state index < -0.39 is 12.5 Å². The second kappa shape index (κ2) is 8.29. The number of amides is 1. The molecule has 1 rings (SSSR count). The molecule has 110 valence electrons. The molecule has 1 aromatic heterocycles. The van der Waals surface area contributed by atoms with Crippen LogP contribution < -0.4 is 15.8 Å². The first-order valence-corrected chi connectivity index (χ1v) is 6.30. The molecule has 0 saturated heterocycles. The Kier molecular flexibility index (Phi) is 7.89. The van der Waals surface area contributed by atoms with Crippen LogP contribution in [0.5, 0.6) is 5.75 Å². The third-order valence-electron chi connectivity index (χ3n) is 2.13. The van der Waals surface area contributed by atoms with Crippen molar-refractivity contribution < 1.29 is 18.3 Å². The van der Waals surface area contributed by atoms with Gasteiger partial charge in [-0.1, -0.05) is 0 Å². The van der Waals surface area contributed by atoms with Gasteiger partial charge in [0, 0.05) is 17.5 Å². The number of ether oxygens (including phenoxy) is 1. The highest BCUT2D eigenvalue weighted by Gasteiger charge is 2.18. The minimum atomic E-state index is -2.94. The molecule has 1 atom stereocenters. The van der Waals surface area contributed by atoms with Gasteiger partial charge >= 0.3 is 6.61 Å². The van der Waals surface area contributed by atoms with E-state index in [9.17, 15) is 13.6 Å². The summed E-state index contributed by atoms with van der Waals surface area (Å²) in [6.07, 6.45) is 0.626. The Bertz CT molecular complexity index is 413. The number of hydrogen-bond acceptors (Lipinski definition) is 4. The molecule has 0 saturated carbocycles. The number of hydrogen-bond donors (Lipinski definition) is 2. The average Bonchev–Trinajstić information content (AvgIpc) is 2.57. The number of aryl methyl sites for hydroxylation is 1. The van der Waals surface area contributed by atoms with Gasteiger partial charge in [0.1, 0.15) is 10.6 Å². The van der Waals surface area contributed by atoms with Gasteiger partial charge in [0.25, 0.3) is 5.91 Å². The second-order valence-electron chi connectivity index (χ2n) is 3.95. The Balaban J connectivity index is 0.00000324. The second-order valence-corrected chi connectivity index (χ2v) is 5.21. The minimum Gasteiger partial charge on any atom is -0.433 e. The van der Waals surface area contributed by atoms with Crippen molar-refractivity contribution in [3.8, 4) is 5.75 Å². The largest absolute Gasteiger partial charge is 0.433 e. The maximum absolute atomic E-state index is 12.2. The first-order chi connectivity index (χ1) is 8.40. The smallest absolute Gasteiger partial charge is 0.387 e. The summed E-state index contributed by atoms with van der Waals surface area (Å²) in [5.74, 6) is -0.491. The fourth-order valence-electron chi connectivity index (χ4n) is 1.33. The zero-order valence-electron chi connectivity index (χ0n) is 10.6. The molecule has 0 bridgehead atoms. The van der Waals surface area contributed by atoms with Gasteiger partial charge in [-0.2, -0.15) is 8.78 Å². The fourth-order valence-corrected chi connectivity index (χ4v) is 2.19. The Hall–Kier alpha value is -0.920.